The molecule has 13 nitrogen and oxygen atoms in total. The number of nitrogens with one attached hydrogen (secondary N) is 3. The van der Waals surface area contributed by atoms with E-state index in [0.29, 0.717) is 45.7 Å². The lowest BCUT2D eigenvalue weighted by Crippen LogP contribution is -2.54. The second kappa shape index (κ2) is 15.8. The topological polar surface area (TPSA) is 177 Å². The normalized spacial score (nSPS) is 17.7. The first-order chi connectivity index (χ1) is 22.5. The van der Waals surface area contributed by atoms with Crippen molar-refractivity contribution >= 4 is 41.5 Å². The number of rotatable bonds is 7. The molecule has 0 spiro atoms. The molecule has 3 aromatic rings. The van der Waals surface area contributed by atoms with Gasteiger partial charge in [-0.3, -0.25) is 19.2 Å². The average molecular weight is 681 g/mol. The summed E-state index contributed by atoms with van der Waals surface area (Å²) in [4.78, 5) is 57.4. The van der Waals surface area contributed by atoms with Crippen LogP contribution < -0.4 is 15.4 Å². The number of piperidine rings is 1. The number of β-amino-alcohol motifs (C(OH)–C–C–N with tert-alkyl or cyclic N) is 1. The van der Waals surface area contributed by atoms with E-state index in [-0.39, 0.29) is 63.3 Å². The van der Waals surface area contributed by atoms with E-state index in [1.807, 2.05) is 0 Å². The third-order valence-electron chi connectivity index (χ3n) is 7.64. The number of halogens is 4. The minimum atomic E-state index is -1.38. The van der Waals surface area contributed by atoms with E-state index >= 15 is 0 Å². The average Bonchev–Trinajstić information content (AvgIpc) is 3.44. The molecular formula is C30H32ClF3N6O7. The van der Waals surface area contributed by atoms with Crippen molar-refractivity contribution in [2.75, 3.05) is 51.4 Å². The first-order valence-electron chi connectivity index (χ1n) is 14.4. The van der Waals surface area contributed by atoms with Crippen LogP contribution >= 0.6 is 11.6 Å². The number of aromatic nitrogens is 2. The molecule has 0 aliphatic carbocycles. The fourth-order valence-corrected chi connectivity index (χ4v) is 5.61. The Bertz CT molecular complexity index is 1630. The molecule has 0 radical (unpaired) electrons. The monoisotopic (exact) mass is 680 g/mol. The molecule has 5 N–H and O–H groups in total. The third-order valence-corrected chi connectivity index (χ3v) is 7.95. The third kappa shape index (κ3) is 8.19. The smallest absolute Gasteiger partial charge is 0.291 e. The highest BCUT2D eigenvalue weighted by atomic mass is 35.5. The Morgan fingerprint density at radius 1 is 1.11 bits per heavy atom. The van der Waals surface area contributed by atoms with Crippen LogP contribution in [0.4, 0.5) is 18.9 Å². The SMILES string of the molecule is Cc1nc(C(=O)Nc2ccc(C(=O)N3CCN(C(=O)C4CNCC(O)C4)CC3)c(Cl)c2)[nH]c1-c1ccc(OCF)c(F)c1F.O=CO. The Labute approximate surface area is 271 Å². The molecule has 2 aromatic carbocycles. The number of H-pyrrole nitrogens is 1. The fourth-order valence-electron chi connectivity index (χ4n) is 5.35. The number of piperazine rings is 1. The summed E-state index contributed by atoms with van der Waals surface area (Å²) < 4.78 is 45.7. The van der Waals surface area contributed by atoms with Crippen LogP contribution in [-0.4, -0.2) is 106 Å². The van der Waals surface area contributed by atoms with Crippen molar-refractivity contribution in [3.63, 3.8) is 0 Å². The van der Waals surface area contributed by atoms with Crippen molar-refractivity contribution < 1.29 is 47.3 Å². The van der Waals surface area contributed by atoms with Gasteiger partial charge >= 0.3 is 0 Å². The van der Waals surface area contributed by atoms with Gasteiger partial charge in [-0.1, -0.05) is 11.6 Å². The van der Waals surface area contributed by atoms with Crippen LogP contribution in [0, 0.1) is 24.5 Å². The summed E-state index contributed by atoms with van der Waals surface area (Å²) in [6.07, 6.45) is -0.144. The Morgan fingerprint density at radius 2 is 1.79 bits per heavy atom. The molecule has 2 atom stereocenters. The lowest BCUT2D eigenvalue weighted by Gasteiger charge is -2.37. The summed E-state index contributed by atoms with van der Waals surface area (Å²) in [6.45, 7) is 2.26. The second-order valence-corrected chi connectivity index (χ2v) is 11.1. The molecule has 2 aliphatic rings. The molecule has 2 saturated heterocycles. The number of aromatic amines is 1. The molecule has 3 amide bonds. The van der Waals surface area contributed by atoms with Crippen LogP contribution in [0.3, 0.4) is 0 Å². The zero-order valence-corrected chi connectivity index (χ0v) is 25.8. The van der Waals surface area contributed by atoms with Crippen LogP contribution in [0.5, 0.6) is 5.75 Å². The molecule has 0 bridgehead atoms. The number of carboxylic acid groups (broad SMARTS) is 1. The van der Waals surface area contributed by atoms with E-state index < -0.39 is 36.3 Å². The number of anilines is 1. The van der Waals surface area contributed by atoms with Crippen molar-refractivity contribution in [1.82, 2.24) is 25.1 Å². The molecule has 5 rings (SSSR count). The van der Waals surface area contributed by atoms with Crippen LogP contribution in [-0.2, 0) is 9.59 Å². The number of alkyl halides is 1. The van der Waals surface area contributed by atoms with Crippen molar-refractivity contribution in [1.29, 1.82) is 0 Å². The summed E-state index contributed by atoms with van der Waals surface area (Å²) in [7, 11) is 0. The van der Waals surface area contributed by atoms with E-state index in [9.17, 15) is 32.7 Å². The van der Waals surface area contributed by atoms with Crippen LogP contribution in [0.2, 0.25) is 5.02 Å². The number of nitrogens with zero attached hydrogens (tertiary/aromatic N) is 3. The maximum atomic E-state index is 14.6. The van der Waals surface area contributed by atoms with Crippen LogP contribution in [0.25, 0.3) is 11.3 Å². The molecule has 3 heterocycles. The highest BCUT2D eigenvalue weighted by molar-refractivity contribution is 6.34. The Hall–Kier alpha value is -4.67. The van der Waals surface area contributed by atoms with Crippen LogP contribution in [0.15, 0.2) is 30.3 Å². The standard InChI is InChI=1S/C29H30ClF3N6O5.CH2O2/c1-15-25(20-4-5-22(44-14-31)24(33)23(20)32)37-26(35-15)27(41)36-17-2-3-19(21(30)11-17)29(43)39-8-6-38(7-9-39)28(42)16-10-18(40)13-34-12-16;2-1-3/h2-5,11,16,18,34,40H,6-10,12-14H2,1H3,(H,35,37)(H,36,41);1H,(H,2,3). The lowest BCUT2D eigenvalue weighted by atomic mass is 9.96. The van der Waals surface area contributed by atoms with Crippen LogP contribution in [0.1, 0.15) is 33.1 Å². The Kier molecular flexibility index (Phi) is 11.8. The zero-order chi connectivity index (χ0) is 34.2. The number of aliphatic hydroxyl groups excluding tert-OH is 1. The largest absolute Gasteiger partial charge is 0.483 e. The Morgan fingerprint density at radius 3 is 2.43 bits per heavy atom. The van der Waals surface area contributed by atoms with Gasteiger partial charge < -0.3 is 40.4 Å². The van der Waals surface area contributed by atoms with Gasteiger partial charge in [0, 0.05) is 50.5 Å². The molecule has 2 aliphatic heterocycles. The number of amides is 3. The second-order valence-electron chi connectivity index (χ2n) is 10.7. The summed E-state index contributed by atoms with van der Waals surface area (Å²) in [5.74, 6) is -4.81. The van der Waals surface area contributed by atoms with Gasteiger partial charge in [0.2, 0.25) is 18.6 Å². The number of benzene rings is 2. The van der Waals surface area contributed by atoms with Gasteiger partial charge in [0.05, 0.1) is 34.0 Å². The molecule has 17 heteroatoms. The first kappa shape index (κ1) is 35.2. The van der Waals surface area contributed by atoms with E-state index in [2.05, 4.69) is 25.3 Å². The van der Waals surface area contributed by atoms with E-state index in [0.717, 1.165) is 6.07 Å². The summed E-state index contributed by atoms with van der Waals surface area (Å²) in [6, 6.07) is 6.62. The van der Waals surface area contributed by atoms with Crippen molar-refractivity contribution in [3.8, 4) is 17.0 Å². The summed E-state index contributed by atoms with van der Waals surface area (Å²) in [5.41, 5.74) is 0.515. The fraction of sp³-hybridized carbons (Fsp3) is 0.367. The molecule has 0 saturated carbocycles. The highest BCUT2D eigenvalue weighted by Gasteiger charge is 2.32. The maximum absolute atomic E-state index is 14.6. The lowest BCUT2D eigenvalue weighted by molar-refractivity contribution is -0.138. The number of imidazole rings is 1. The molecule has 47 heavy (non-hydrogen) atoms. The van der Waals surface area contributed by atoms with Crippen molar-refractivity contribution in [3.05, 3.63) is 64.1 Å². The molecule has 252 valence electrons. The van der Waals surface area contributed by atoms with Gasteiger partial charge in [-0.05, 0) is 43.7 Å². The van der Waals surface area contributed by atoms with E-state index in [1.165, 1.54) is 31.2 Å². The number of ether oxygens (including phenoxy) is 1. The number of aliphatic hydroxyl groups is 1. The quantitative estimate of drug-likeness (QED) is 0.235. The van der Waals surface area contributed by atoms with Crippen molar-refractivity contribution in [2.24, 2.45) is 5.92 Å². The number of carbonyl (C=O) groups excluding carboxylic acids is 3. The number of hydrogen-bond donors (Lipinski definition) is 5. The van der Waals surface area contributed by atoms with Gasteiger partial charge in [-0.15, -0.1) is 0 Å². The molecular weight excluding hydrogens is 649 g/mol. The number of aryl methyl sites for hydroxylation is 1. The number of carbonyl (C=O) groups is 4. The summed E-state index contributed by atoms with van der Waals surface area (Å²) in [5, 5.41) is 22.5. The van der Waals surface area contributed by atoms with Gasteiger partial charge in [-0.25, -0.2) is 13.8 Å². The molecule has 2 unspecified atom stereocenters. The highest BCUT2D eigenvalue weighted by Crippen LogP contribution is 2.31. The predicted molar refractivity (Wildman–Crippen MR) is 163 cm³/mol. The maximum Gasteiger partial charge on any atom is 0.291 e. The summed E-state index contributed by atoms with van der Waals surface area (Å²) >= 11 is 6.42. The zero-order valence-electron chi connectivity index (χ0n) is 25.1. The Balaban J connectivity index is 0.00000160. The predicted octanol–water partition coefficient (Wildman–Crippen LogP) is 2.83. The first-order valence-corrected chi connectivity index (χ1v) is 14.8. The molecule has 2 fully saturated rings. The van der Waals surface area contributed by atoms with E-state index in [4.69, 9.17) is 21.5 Å². The minimum Gasteiger partial charge on any atom is -0.483 e. The number of hydrogen-bond acceptors (Lipinski definition) is 8. The minimum absolute atomic E-state index is 0.0428. The van der Waals surface area contributed by atoms with Gasteiger partial charge in [0.15, 0.2) is 17.4 Å². The van der Waals surface area contributed by atoms with Gasteiger partial charge in [-0.2, -0.15) is 4.39 Å². The van der Waals surface area contributed by atoms with Gasteiger partial charge in [0.1, 0.15) is 0 Å². The van der Waals surface area contributed by atoms with Gasteiger partial charge in [0.25, 0.3) is 18.3 Å². The van der Waals surface area contributed by atoms with Crippen molar-refractivity contribution in [2.45, 2.75) is 19.4 Å². The van der Waals surface area contributed by atoms with E-state index in [1.54, 1.807) is 9.80 Å². The molecule has 1 aromatic heterocycles.